The number of carbonyl (C=O) groups is 5. The molecule has 0 unspecified atom stereocenters. The van der Waals surface area contributed by atoms with Crippen molar-refractivity contribution in [1.29, 1.82) is 0 Å². The lowest BCUT2D eigenvalue weighted by atomic mass is 10.1. The molecule has 1 fully saturated rings. The Morgan fingerprint density at radius 3 is 2.69 bits per heavy atom. The zero-order valence-electron chi connectivity index (χ0n) is 19.4. The van der Waals surface area contributed by atoms with E-state index in [0.29, 0.717) is 31.5 Å². The number of nitrogens with zero attached hydrogens (tertiary/aromatic N) is 4. The second kappa shape index (κ2) is 12.5. The minimum atomic E-state index is -1.24. The second-order valence-corrected chi connectivity index (χ2v) is 9.18. The molecule has 13 nitrogen and oxygen atoms in total. The van der Waals surface area contributed by atoms with Crippen molar-refractivity contribution < 1.29 is 24.0 Å². The van der Waals surface area contributed by atoms with E-state index in [0.717, 1.165) is 25.0 Å². The van der Waals surface area contributed by atoms with Crippen LogP contribution in [-0.4, -0.2) is 79.9 Å². The molecule has 0 saturated carbocycles. The van der Waals surface area contributed by atoms with Gasteiger partial charge in [-0.3, -0.25) is 24.0 Å². The maximum Gasteiger partial charge on any atom is 0.243 e. The first-order chi connectivity index (χ1) is 16.8. The predicted molar refractivity (Wildman–Crippen MR) is 127 cm³/mol. The van der Waals surface area contributed by atoms with E-state index in [9.17, 15) is 24.0 Å². The molecule has 2 aliphatic heterocycles. The number of carbonyl (C=O) groups excluding carboxylic acids is 5. The van der Waals surface area contributed by atoms with Crippen LogP contribution in [0.3, 0.4) is 0 Å². The van der Waals surface area contributed by atoms with Crippen LogP contribution in [0.5, 0.6) is 0 Å². The number of hydrogen-bond donors (Lipinski definition) is 5. The highest BCUT2D eigenvalue weighted by Crippen LogP contribution is 2.20. The maximum absolute atomic E-state index is 13.1. The predicted octanol–water partition coefficient (Wildman–Crippen LogP) is -1.77. The molecule has 2 aliphatic rings. The maximum atomic E-state index is 13.1. The SMILES string of the molecule is NC(=O)[C@H]1CC(=O)N2CCC[C@@H]2C(=O)N[C@@H](CCCCCS)C(=O)NCc2cn(nn2)CC(=O)N1. The summed E-state index contributed by atoms with van der Waals surface area (Å²) in [5, 5.41) is 15.8. The molecule has 0 aliphatic carbocycles. The number of primary amides is 1. The Kier molecular flexibility index (Phi) is 9.46. The van der Waals surface area contributed by atoms with Gasteiger partial charge in [-0.1, -0.05) is 18.1 Å². The number of thiol groups is 1. The molecule has 2 bridgehead atoms. The topological polar surface area (TPSA) is 181 Å². The minimum Gasteiger partial charge on any atom is -0.368 e. The van der Waals surface area contributed by atoms with E-state index in [1.165, 1.54) is 15.8 Å². The van der Waals surface area contributed by atoms with Crippen molar-refractivity contribution in [2.24, 2.45) is 5.73 Å². The van der Waals surface area contributed by atoms with Crippen LogP contribution in [0, 0.1) is 0 Å². The van der Waals surface area contributed by atoms with Crippen molar-refractivity contribution >= 4 is 42.2 Å². The largest absolute Gasteiger partial charge is 0.368 e. The molecule has 0 radical (unpaired) electrons. The van der Waals surface area contributed by atoms with Gasteiger partial charge in [-0.25, -0.2) is 4.68 Å². The number of aromatic nitrogens is 3. The number of unbranched alkanes of at least 4 members (excludes halogenated alkanes) is 2. The third-order valence-electron chi connectivity index (χ3n) is 6.05. The first-order valence-electron chi connectivity index (χ1n) is 11.7. The standard InChI is InChI=1S/C21H32N8O5S/c22-19(32)15-9-18(31)29-7-4-6-16(29)21(34)25-14(5-2-1-3-8-35)20(33)23-10-13-11-28(27-26-13)12-17(30)24-15/h11,14-16,35H,1-10,12H2,(H2,22,32)(H,23,33)(H,24,30)(H,25,34)/t14-,15+,16+/m0/s1. The third-order valence-corrected chi connectivity index (χ3v) is 6.37. The summed E-state index contributed by atoms with van der Waals surface area (Å²) in [5.41, 5.74) is 5.83. The van der Waals surface area contributed by atoms with Crippen LogP contribution in [0.4, 0.5) is 0 Å². The Bertz CT molecular complexity index is 954. The number of hydrogen-bond acceptors (Lipinski definition) is 8. The zero-order chi connectivity index (χ0) is 25.4. The summed E-state index contributed by atoms with van der Waals surface area (Å²) < 4.78 is 1.25. The van der Waals surface area contributed by atoms with Gasteiger partial charge in [0.15, 0.2) is 0 Å². The molecule has 1 aromatic rings. The van der Waals surface area contributed by atoms with Gasteiger partial charge in [0.1, 0.15) is 30.4 Å². The van der Waals surface area contributed by atoms with Gasteiger partial charge in [-0.2, -0.15) is 12.6 Å². The van der Waals surface area contributed by atoms with Crippen molar-refractivity contribution in [2.45, 2.75) is 76.2 Å². The van der Waals surface area contributed by atoms with Crippen molar-refractivity contribution in [1.82, 2.24) is 35.8 Å². The van der Waals surface area contributed by atoms with Crippen LogP contribution in [0.15, 0.2) is 6.20 Å². The average molecular weight is 509 g/mol. The molecule has 35 heavy (non-hydrogen) atoms. The van der Waals surface area contributed by atoms with Gasteiger partial charge >= 0.3 is 0 Å². The lowest BCUT2D eigenvalue weighted by molar-refractivity contribution is -0.141. The van der Waals surface area contributed by atoms with Gasteiger partial charge < -0.3 is 26.6 Å². The molecule has 14 heteroatoms. The summed E-state index contributed by atoms with van der Waals surface area (Å²) in [7, 11) is 0. The van der Waals surface area contributed by atoms with E-state index >= 15 is 0 Å². The lowest BCUT2D eigenvalue weighted by Gasteiger charge is -2.27. The van der Waals surface area contributed by atoms with Gasteiger partial charge in [0, 0.05) is 6.54 Å². The number of nitrogens with one attached hydrogen (secondary N) is 3. The van der Waals surface area contributed by atoms with Gasteiger partial charge in [0.25, 0.3) is 0 Å². The quantitative estimate of drug-likeness (QED) is 0.223. The summed E-state index contributed by atoms with van der Waals surface area (Å²) in [6, 6.07) is -2.79. The summed E-state index contributed by atoms with van der Waals surface area (Å²) in [4.78, 5) is 64.7. The van der Waals surface area contributed by atoms with Crippen LogP contribution >= 0.6 is 12.6 Å². The summed E-state index contributed by atoms with van der Waals surface area (Å²) in [6.45, 7) is 0.136. The lowest BCUT2D eigenvalue weighted by Crippen LogP contribution is -2.54. The smallest absolute Gasteiger partial charge is 0.243 e. The Morgan fingerprint density at radius 2 is 1.94 bits per heavy atom. The molecule has 5 amide bonds. The monoisotopic (exact) mass is 508 g/mol. The van der Waals surface area contributed by atoms with E-state index in [1.807, 2.05) is 0 Å². The molecule has 192 valence electrons. The van der Waals surface area contributed by atoms with Crippen LogP contribution in [0.1, 0.15) is 50.6 Å². The van der Waals surface area contributed by atoms with Gasteiger partial charge in [0.05, 0.1) is 19.2 Å². The van der Waals surface area contributed by atoms with E-state index < -0.39 is 41.8 Å². The molecule has 1 saturated heterocycles. The van der Waals surface area contributed by atoms with Crippen LogP contribution in [0.25, 0.3) is 0 Å². The highest BCUT2D eigenvalue weighted by atomic mass is 32.1. The van der Waals surface area contributed by atoms with Crippen LogP contribution < -0.4 is 21.7 Å². The normalized spacial score (nSPS) is 24.3. The van der Waals surface area contributed by atoms with Gasteiger partial charge in [0.2, 0.25) is 29.5 Å². The first kappa shape index (κ1) is 26.4. The van der Waals surface area contributed by atoms with E-state index in [2.05, 4.69) is 38.9 Å². The van der Waals surface area contributed by atoms with E-state index in [1.54, 1.807) is 0 Å². The van der Waals surface area contributed by atoms with Gasteiger partial charge in [-0.05, 0) is 31.4 Å². The highest BCUT2D eigenvalue weighted by molar-refractivity contribution is 7.80. The van der Waals surface area contributed by atoms with Crippen molar-refractivity contribution in [3.63, 3.8) is 0 Å². The minimum absolute atomic E-state index is 0.0570. The Balaban J connectivity index is 1.83. The van der Waals surface area contributed by atoms with Gasteiger partial charge in [-0.15, -0.1) is 5.10 Å². The molecule has 3 rings (SSSR count). The van der Waals surface area contributed by atoms with Crippen molar-refractivity contribution in [3.8, 4) is 0 Å². The van der Waals surface area contributed by atoms with Crippen LogP contribution in [0.2, 0.25) is 0 Å². The fraction of sp³-hybridized carbons (Fsp3) is 0.667. The molecule has 0 spiro atoms. The Hall–Kier alpha value is -3.16. The summed E-state index contributed by atoms with van der Waals surface area (Å²) >= 11 is 4.20. The zero-order valence-corrected chi connectivity index (χ0v) is 20.3. The molecule has 3 atom stereocenters. The van der Waals surface area contributed by atoms with Crippen molar-refractivity contribution in [2.75, 3.05) is 12.3 Å². The fourth-order valence-corrected chi connectivity index (χ4v) is 4.43. The van der Waals surface area contributed by atoms with E-state index in [-0.39, 0.29) is 25.4 Å². The Labute approximate surface area is 208 Å². The van der Waals surface area contributed by atoms with Crippen LogP contribution in [-0.2, 0) is 37.1 Å². The third kappa shape index (κ3) is 7.41. The number of amides is 5. The number of nitrogens with two attached hydrogens (primary N) is 1. The number of rotatable bonds is 6. The summed E-state index contributed by atoms with van der Waals surface area (Å²) in [6.07, 6.45) is 5.05. The van der Waals surface area contributed by atoms with Crippen molar-refractivity contribution in [3.05, 3.63) is 11.9 Å². The molecule has 3 heterocycles. The van der Waals surface area contributed by atoms with E-state index in [4.69, 9.17) is 5.73 Å². The molecule has 5 N–H and O–H groups in total. The highest BCUT2D eigenvalue weighted by Gasteiger charge is 2.37. The molecule has 0 aromatic carbocycles. The molecule has 1 aromatic heterocycles. The first-order valence-corrected chi connectivity index (χ1v) is 12.4. The molecular formula is C21H32N8O5S. The second-order valence-electron chi connectivity index (χ2n) is 8.73. The number of fused-ring (bicyclic) bond motifs is 3. The average Bonchev–Trinajstić information content (AvgIpc) is 3.48. The fourth-order valence-electron chi connectivity index (χ4n) is 4.21. The molecular weight excluding hydrogens is 476 g/mol. The summed E-state index contributed by atoms with van der Waals surface area (Å²) in [5.74, 6) is -1.98. The Morgan fingerprint density at radius 1 is 1.14 bits per heavy atom.